The molecule has 0 saturated carbocycles. The molecule has 5 nitrogen and oxygen atoms in total. The summed E-state index contributed by atoms with van der Waals surface area (Å²) in [7, 11) is 4.00. The molecule has 1 amide bonds. The van der Waals surface area contributed by atoms with E-state index in [1.165, 1.54) is 0 Å². The summed E-state index contributed by atoms with van der Waals surface area (Å²) in [5.74, 6) is 1.27. The molecule has 1 atom stereocenters. The molecule has 0 aromatic heterocycles. The van der Waals surface area contributed by atoms with E-state index in [-0.39, 0.29) is 5.91 Å². The third kappa shape index (κ3) is 6.47. The minimum atomic E-state index is -0.585. The Morgan fingerprint density at radius 1 is 1.04 bits per heavy atom. The number of nitrogens with one attached hydrogen (secondary N) is 1. The molecule has 0 heterocycles. The van der Waals surface area contributed by atoms with Crippen LogP contribution < -0.4 is 14.8 Å². The van der Waals surface area contributed by atoms with E-state index in [9.17, 15) is 4.79 Å². The van der Waals surface area contributed by atoms with Gasteiger partial charge < -0.3 is 19.7 Å². The van der Waals surface area contributed by atoms with Crippen LogP contribution in [0.1, 0.15) is 12.5 Å². The maximum atomic E-state index is 12.2. The summed E-state index contributed by atoms with van der Waals surface area (Å²) in [5, 5.41) is 2.85. The molecule has 0 saturated heterocycles. The molecule has 0 radical (unpaired) electrons. The van der Waals surface area contributed by atoms with Crippen LogP contribution in [0.3, 0.4) is 0 Å². The van der Waals surface area contributed by atoms with E-state index in [0.717, 1.165) is 17.9 Å². The van der Waals surface area contributed by atoms with Crippen molar-refractivity contribution < 1.29 is 14.3 Å². The molecule has 2 rings (SSSR count). The number of carbonyl (C=O) groups is 1. The van der Waals surface area contributed by atoms with Crippen LogP contribution in [0.4, 0.5) is 5.69 Å². The molecule has 2 aromatic carbocycles. The molecule has 1 N–H and O–H groups in total. The Morgan fingerprint density at radius 2 is 1.64 bits per heavy atom. The molecule has 25 heavy (non-hydrogen) atoms. The lowest BCUT2D eigenvalue weighted by atomic mass is 10.2. The Balaban J connectivity index is 1.83. The maximum absolute atomic E-state index is 12.2. The second kappa shape index (κ2) is 9.08. The molecule has 5 heteroatoms. The molecule has 0 aliphatic heterocycles. The highest BCUT2D eigenvalue weighted by atomic mass is 16.5. The fourth-order valence-corrected chi connectivity index (χ4v) is 2.10. The third-order valence-electron chi connectivity index (χ3n) is 3.63. The highest BCUT2D eigenvalue weighted by Gasteiger charge is 2.14. The molecule has 0 bridgehead atoms. The predicted octanol–water partition coefficient (Wildman–Crippen LogP) is 3.34. The third-order valence-corrected chi connectivity index (χ3v) is 3.63. The van der Waals surface area contributed by atoms with Gasteiger partial charge in [-0.05, 0) is 64.3 Å². The highest BCUT2D eigenvalue weighted by molar-refractivity contribution is 5.94. The van der Waals surface area contributed by atoms with Gasteiger partial charge in [-0.15, -0.1) is 0 Å². The zero-order valence-electron chi connectivity index (χ0n) is 15.3. The van der Waals surface area contributed by atoms with Crippen molar-refractivity contribution in [3.63, 3.8) is 0 Å². The van der Waals surface area contributed by atoms with Crippen LogP contribution in [-0.2, 0) is 4.79 Å². The monoisotopic (exact) mass is 342 g/mol. The molecule has 0 fully saturated rings. The zero-order chi connectivity index (χ0) is 18.2. The highest BCUT2D eigenvalue weighted by Crippen LogP contribution is 2.17. The van der Waals surface area contributed by atoms with E-state index in [0.29, 0.717) is 18.0 Å². The van der Waals surface area contributed by atoms with Gasteiger partial charge in [0.1, 0.15) is 18.1 Å². The average molecular weight is 342 g/mol. The van der Waals surface area contributed by atoms with E-state index >= 15 is 0 Å². The standard InChI is InChI=1S/C20H26N2O3/c1-15-5-9-19(10-6-15)25-16(2)20(23)21-17-7-11-18(12-8-17)24-14-13-22(3)4/h5-12,16H,13-14H2,1-4H3,(H,21,23). The fraction of sp³-hybridized carbons (Fsp3) is 0.350. The first-order valence-corrected chi connectivity index (χ1v) is 8.36. The van der Waals surface area contributed by atoms with Crippen molar-refractivity contribution in [2.45, 2.75) is 20.0 Å². The molecule has 0 aliphatic carbocycles. The van der Waals surface area contributed by atoms with Crippen molar-refractivity contribution in [2.75, 3.05) is 32.6 Å². The molecular weight excluding hydrogens is 316 g/mol. The van der Waals surface area contributed by atoms with Gasteiger partial charge in [0.15, 0.2) is 6.10 Å². The van der Waals surface area contributed by atoms with Crippen LogP contribution in [0.25, 0.3) is 0 Å². The number of carbonyl (C=O) groups excluding carboxylic acids is 1. The molecule has 0 aliphatic rings. The summed E-state index contributed by atoms with van der Waals surface area (Å²) >= 11 is 0. The van der Waals surface area contributed by atoms with Gasteiger partial charge in [0.05, 0.1) is 0 Å². The number of hydrogen-bond acceptors (Lipinski definition) is 4. The lowest BCUT2D eigenvalue weighted by Gasteiger charge is -2.15. The number of benzene rings is 2. The Bertz CT molecular complexity index is 666. The lowest BCUT2D eigenvalue weighted by Crippen LogP contribution is -2.30. The Hall–Kier alpha value is -2.53. The summed E-state index contributed by atoms with van der Waals surface area (Å²) in [6.07, 6.45) is -0.585. The second-order valence-electron chi connectivity index (χ2n) is 6.24. The van der Waals surface area contributed by atoms with Crippen molar-refractivity contribution in [1.29, 1.82) is 0 Å². The maximum Gasteiger partial charge on any atom is 0.265 e. The van der Waals surface area contributed by atoms with Gasteiger partial charge in [0, 0.05) is 12.2 Å². The van der Waals surface area contributed by atoms with Crippen LogP contribution in [0, 0.1) is 6.92 Å². The molecular formula is C20H26N2O3. The van der Waals surface area contributed by atoms with Crippen molar-refractivity contribution in [3.8, 4) is 11.5 Å². The van der Waals surface area contributed by atoms with Crippen molar-refractivity contribution in [1.82, 2.24) is 4.90 Å². The van der Waals surface area contributed by atoms with Crippen LogP contribution in [0.2, 0.25) is 0 Å². The smallest absolute Gasteiger partial charge is 0.265 e. The molecule has 2 aromatic rings. The number of aryl methyl sites for hydroxylation is 1. The Kier molecular flexibility index (Phi) is 6.83. The van der Waals surface area contributed by atoms with Crippen molar-refractivity contribution in [3.05, 3.63) is 54.1 Å². The largest absolute Gasteiger partial charge is 0.492 e. The van der Waals surface area contributed by atoms with E-state index in [4.69, 9.17) is 9.47 Å². The number of likely N-dealkylation sites (N-methyl/N-ethyl adjacent to an activating group) is 1. The lowest BCUT2D eigenvalue weighted by molar-refractivity contribution is -0.122. The number of amides is 1. The SMILES string of the molecule is Cc1ccc(OC(C)C(=O)Nc2ccc(OCCN(C)C)cc2)cc1. The van der Waals surface area contributed by atoms with Crippen LogP contribution in [-0.4, -0.2) is 44.2 Å². The topological polar surface area (TPSA) is 50.8 Å². The van der Waals surface area contributed by atoms with E-state index < -0.39 is 6.10 Å². The fourth-order valence-electron chi connectivity index (χ4n) is 2.10. The minimum absolute atomic E-state index is 0.193. The number of hydrogen-bond donors (Lipinski definition) is 1. The summed E-state index contributed by atoms with van der Waals surface area (Å²) in [6.45, 7) is 5.22. The van der Waals surface area contributed by atoms with Gasteiger partial charge >= 0.3 is 0 Å². The van der Waals surface area contributed by atoms with Gasteiger partial charge in [-0.25, -0.2) is 0 Å². The number of anilines is 1. The minimum Gasteiger partial charge on any atom is -0.492 e. The molecule has 1 unspecified atom stereocenters. The number of ether oxygens (including phenoxy) is 2. The van der Waals surface area contributed by atoms with Gasteiger partial charge in [-0.2, -0.15) is 0 Å². The van der Waals surface area contributed by atoms with E-state index in [1.807, 2.05) is 69.6 Å². The predicted molar refractivity (Wildman–Crippen MR) is 100 cm³/mol. The first-order valence-electron chi connectivity index (χ1n) is 8.36. The van der Waals surface area contributed by atoms with Gasteiger partial charge in [0.25, 0.3) is 5.91 Å². The van der Waals surface area contributed by atoms with Crippen LogP contribution >= 0.6 is 0 Å². The Labute approximate surface area is 149 Å². The first kappa shape index (κ1) is 18.8. The summed E-state index contributed by atoms with van der Waals surface area (Å²) in [4.78, 5) is 14.3. The van der Waals surface area contributed by atoms with E-state index in [1.54, 1.807) is 6.92 Å². The normalized spacial score (nSPS) is 11.9. The average Bonchev–Trinajstić information content (AvgIpc) is 2.58. The van der Waals surface area contributed by atoms with E-state index in [2.05, 4.69) is 10.2 Å². The summed E-state index contributed by atoms with van der Waals surface area (Å²) in [6, 6.07) is 15.0. The van der Waals surface area contributed by atoms with Crippen molar-refractivity contribution >= 4 is 11.6 Å². The first-order chi connectivity index (χ1) is 11.9. The Morgan fingerprint density at radius 3 is 2.24 bits per heavy atom. The van der Waals surface area contributed by atoms with Crippen LogP contribution in [0.15, 0.2) is 48.5 Å². The van der Waals surface area contributed by atoms with Gasteiger partial charge in [-0.3, -0.25) is 4.79 Å². The number of nitrogens with zero attached hydrogens (tertiary/aromatic N) is 1. The van der Waals surface area contributed by atoms with Gasteiger partial charge in [0.2, 0.25) is 0 Å². The second-order valence-corrected chi connectivity index (χ2v) is 6.24. The van der Waals surface area contributed by atoms with Crippen LogP contribution in [0.5, 0.6) is 11.5 Å². The number of rotatable bonds is 8. The van der Waals surface area contributed by atoms with Crippen molar-refractivity contribution in [2.24, 2.45) is 0 Å². The zero-order valence-corrected chi connectivity index (χ0v) is 15.3. The quantitative estimate of drug-likeness (QED) is 0.799. The van der Waals surface area contributed by atoms with Gasteiger partial charge in [-0.1, -0.05) is 17.7 Å². The summed E-state index contributed by atoms with van der Waals surface area (Å²) in [5.41, 5.74) is 1.86. The summed E-state index contributed by atoms with van der Waals surface area (Å²) < 4.78 is 11.3. The molecule has 134 valence electrons. The molecule has 0 spiro atoms.